The van der Waals surface area contributed by atoms with Crippen molar-refractivity contribution in [3.63, 3.8) is 0 Å². The van der Waals surface area contributed by atoms with Crippen LogP contribution in [0.2, 0.25) is 0 Å². The van der Waals surface area contributed by atoms with Crippen LogP contribution in [0.3, 0.4) is 0 Å². The zero-order chi connectivity index (χ0) is 22.5. The van der Waals surface area contributed by atoms with E-state index >= 15 is 0 Å². The maximum absolute atomic E-state index is 13.7. The minimum absolute atomic E-state index is 0.110. The van der Waals surface area contributed by atoms with Crippen molar-refractivity contribution in [2.75, 3.05) is 4.90 Å². The Morgan fingerprint density at radius 3 is 2.62 bits per heavy atom. The summed E-state index contributed by atoms with van der Waals surface area (Å²) in [7, 11) is 0. The van der Waals surface area contributed by atoms with Crippen molar-refractivity contribution in [2.45, 2.75) is 58.0 Å². The number of nitrogens with one attached hydrogen (secondary N) is 1. The van der Waals surface area contributed by atoms with E-state index in [9.17, 15) is 9.59 Å². The number of aryl methyl sites for hydroxylation is 2. The van der Waals surface area contributed by atoms with Gasteiger partial charge in [0, 0.05) is 23.3 Å². The average molecular weight is 450 g/mol. The molecule has 0 spiro atoms. The largest absolute Gasteiger partial charge is 0.351 e. The normalized spacial score (nSPS) is 15.2. The minimum Gasteiger partial charge on any atom is -0.351 e. The fourth-order valence-electron chi connectivity index (χ4n) is 4.17. The highest BCUT2D eigenvalue weighted by molar-refractivity contribution is 7.03. The molecule has 0 bridgehead atoms. The maximum atomic E-state index is 13.7. The quantitative estimate of drug-likeness (QED) is 0.603. The number of carbonyl (C=O) groups is 2. The van der Waals surface area contributed by atoms with E-state index in [0.717, 1.165) is 48.3 Å². The standard InChI is InChI=1S/C24H27N5O2S/c1-16-11-12-17(2)21(14-16)29(24(31)20-15-32-28-27-20)22(19-10-6-7-13-25-19)23(30)26-18-8-4-3-5-9-18/h6-7,10-15,18,22H,3-5,8-9H2,1-2H3,(H,26,30)/t22-/m1/s1. The van der Waals surface area contributed by atoms with Gasteiger partial charge in [-0.05, 0) is 67.5 Å². The summed E-state index contributed by atoms with van der Waals surface area (Å²) >= 11 is 1.11. The van der Waals surface area contributed by atoms with Crippen LogP contribution in [0, 0.1) is 13.8 Å². The van der Waals surface area contributed by atoms with Crippen molar-refractivity contribution in [3.05, 3.63) is 70.5 Å². The summed E-state index contributed by atoms with van der Waals surface area (Å²) in [6.07, 6.45) is 6.95. The number of pyridine rings is 1. The average Bonchev–Trinajstić information content (AvgIpc) is 3.35. The summed E-state index contributed by atoms with van der Waals surface area (Å²) in [5.41, 5.74) is 3.27. The zero-order valence-electron chi connectivity index (χ0n) is 18.3. The van der Waals surface area contributed by atoms with Gasteiger partial charge in [0.1, 0.15) is 0 Å². The number of hydrogen-bond donors (Lipinski definition) is 1. The summed E-state index contributed by atoms with van der Waals surface area (Å²) in [6, 6.07) is 10.5. The molecule has 1 aliphatic rings. The number of aromatic nitrogens is 3. The Morgan fingerprint density at radius 1 is 1.12 bits per heavy atom. The molecular weight excluding hydrogens is 422 g/mol. The highest BCUT2D eigenvalue weighted by Gasteiger charge is 2.37. The molecule has 0 aliphatic heterocycles. The molecule has 2 aromatic heterocycles. The third kappa shape index (κ3) is 4.85. The monoisotopic (exact) mass is 449 g/mol. The van der Waals surface area contributed by atoms with Crippen LogP contribution in [-0.2, 0) is 4.79 Å². The highest BCUT2D eigenvalue weighted by Crippen LogP contribution is 2.32. The van der Waals surface area contributed by atoms with Gasteiger partial charge in [0.2, 0.25) is 5.91 Å². The van der Waals surface area contributed by atoms with E-state index in [1.807, 2.05) is 38.1 Å². The van der Waals surface area contributed by atoms with E-state index < -0.39 is 6.04 Å². The maximum Gasteiger partial charge on any atom is 0.280 e. The SMILES string of the molecule is Cc1ccc(C)c(N(C(=O)c2csnn2)[C@@H](C(=O)NC2CCCCC2)c2ccccn2)c1. The first-order valence-corrected chi connectivity index (χ1v) is 11.8. The molecule has 32 heavy (non-hydrogen) atoms. The summed E-state index contributed by atoms with van der Waals surface area (Å²) in [6.45, 7) is 3.90. The van der Waals surface area contributed by atoms with Crippen LogP contribution in [0.25, 0.3) is 0 Å². The van der Waals surface area contributed by atoms with Crippen molar-refractivity contribution in [1.82, 2.24) is 19.9 Å². The number of hydrogen-bond acceptors (Lipinski definition) is 6. The minimum atomic E-state index is -0.923. The van der Waals surface area contributed by atoms with E-state index in [0.29, 0.717) is 11.4 Å². The van der Waals surface area contributed by atoms with Crippen LogP contribution in [0.15, 0.2) is 48.0 Å². The van der Waals surface area contributed by atoms with Gasteiger partial charge in [-0.2, -0.15) is 0 Å². The van der Waals surface area contributed by atoms with Crippen molar-refractivity contribution in [1.29, 1.82) is 0 Å². The lowest BCUT2D eigenvalue weighted by Crippen LogP contribution is -2.48. The lowest BCUT2D eigenvalue weighted by atomic mass is 9.95. The lowest BCUT2D eigenvalue weighted by Gasteiger charge is -2.33. The predicted octanol–water partition coefficient (Wildman–Crippen LogP) is 4.39. The summed E-state index contributed by atoms with van der Waals surface area (Å²) in [4.78, 5) is 33.4. The zero-order valence-corrected chi connectivity index (χ0v) is 19.1. The van der Waals surface area contributed by atoms with Crippen LogP contribution < -0.4 is 10.2 Å². The second-order valence-electron chi connectivity index (χ2n) is 8.26. The molecule has 8 heteroatoms. The molecule has 1 aromatic carbocycles. The number of benzene rings is 1. The molecule has 0 unspecified atom stereocenters. The summed E-state index contributed by atoms with van der Waals surface area (Å²) < 4.78 is 3.86. The second-order valence-corrected chi connectivity index (χ2v) is 8.87. The number of nitrogens with zero attached hydrogens (tertiary/aromatic N) is 4. The third-order valence-electron chi connectivity index (χ3n) is 5.85. The lowest BCUT2D eigenvalue weighted by molar-refractivity contribution is -0.123. The molecule has 2 heterocycles. The first kappa shape index (κ1) is 22.1. The van der Waals surface area contributed by atoms with E-state index in [2.05, 4.69) is 19.9 Å². The summed E-state index contributed by atoms with van der Waals surface area (Å²) in [5.74, 6) is -0.602. The third-order valence-corrected chi connectivity index (χ3v) is 6.35. The molecule has 0 radical (unpaired) electrons. The smallest absolute Gasteiger partial charge is 0.280 e. The number of anilines is 1. The molecule has 1 N–H and O–H groups in total. The molecule has 7 nitrogen and oxygen atoms in total. The first-order valence-electron chi connectivity index (χ1n) is 10.9. The molecule has 2 amide bonds. The van der Waals surface area contributed by atoms with E-state index in [4.69, 9.17) is 0 Å². The fraction of sp³-hybridized carbons (Fsp3) is 0.375. The Morgan fingerprint density at radius 2 is 1.94 bits per heavy atom. The molecule has 1 atom stereocenters. The van der Waals surface area contributed by atoms with Crippen molar-refractivity contribution < 1.29 is 9.59 Å². The molecule has 3 aromatic rings. The Kier molecular flexibility index (Phi) is 6.90. The number of amides is 2. The Hall–Kier alpha value is -3.13. The summed E-state index contributed by atoms with van der Waals surface area (Å²) in [5, 5.41) is 8.79. The molecular formula is C24H27N5O2S. The van der Waals surface area contributed by atoms with Crippen LogP contribution in [0.4, 0.5) is 5.69 Å². The van der Waals surface area contributed by atoms with Crippen molar-refractivity contribution in [2.24, 2.45) is 0 Å². The van der Waals surface area contributed by atoms with Gasteiger partial charge in [-0.15, -0.1) is 5.10 Å². The number of rotatable bonds is 6. The van der Waals surface area contributed by atoms with Crippen LogP contribution in [0.5, 0.6) is 0 Å². The predicted molar refractivity (Wildman–Crippen MR) is 125 cm³/mol. The second kappa shape index (κ2) is 9.99. The van der Waals surface area contributed by atoms with Gasteiger partial charge >= 0.3 is 0 Å². The van der Waals surface area contributed by atoms with Crippen molar-refractivity contribution >= 4 is 29.0 Å². The topological polar surface area (TPSA) is 88.1 Å². The van der Waals surface area contributed by atoms with E-state index in [-0.39, 0.29) is 23.6 Å². The molecule has 4 rings (SSSR count). The van der Waals surface area contributed by atoms with Gasteiger partial charge in [0.05, 0.1) is 5.69 Å². The van der Waals surface area contributed by atoms with Gasteiger partial charge in [0.15, 0.2) is 11.7 Å². The van der Waals surface area contributed by atoms with Crippen LogP contribution in [-0.4, -0.2) is 32.4 Å². The van der Waals surface area contributed by atoms with Gasteiger partial charge in [-0.1, -0.05) is 41.9 Å². The van der Waals surface area contributed by atoms with Crippen LogP contribution >= 0.6 is 11.5 Å². The Labute approximate surface area is 192 Å². The van der Waals surface area contributed by atoms with Crippen LogP contribution in [0.1, 0.15) is 65.5 Å². The number of carbonyl (C=O) groups excluding carboxylic acids is 2. The van der Waals surface area contributed by atoms with Gasteiger partial charge < -0.3 is 5.32 Å². The van der Waals surface area contributed by atoms with Gasteiger partial charge in [0.25, 0.3) is 5.91 Å². The molecule has 166 valence electrons. The van der Waals surface area contributed by atoms with Gasteiger partial charge in [-0.3, -0.25) is 19.5 Å². The van der Waals surface area contributed by atoms with E-state index in [1.54, 1.807) is 23.7 Å². The fourth-order valence-corrected chi connectivity index (χ4v) is 4.60. The molecule has 1 fully saturated rings. The molecule has 1 aliphatic carbocycles. The van der Waals surface area contributed by atoms with Gasteiger partial charge in [-0.25, -0.2) is 0 Å². The Bertz CT molecular complexity index is 1070. The molecule has 0 saturated heterocycles. The van der Waals surface area contributed by atoms with Crippen molar-refractivity contribution in [3.8, 4) is 0 Å². The Balaban J connectivity index is 1.81. The molecule has 1 saturated carbocycles. The first-order chi connectivity index (χ1) is 15.5. The highest BCUT2D eigenvalue weighted by atomic mass is 32.1. The van der Waals surface area contributed by atoms with E-state index in [1.165, 1.54) is 11.3 Å².